The highest BCUT2D eigenvalue weighted by molar-refractivity contribution is 5.24. The Balaban J connectivity index is 1.06. The number of ether oxygens (including phenoxy) is 11. The van der Waals surface area contributed by atoms with Crippen LogP contribution in [-0.4, -0.2) is 96.7 Å². The Bertz CT molecular complexity index is 2690. The maximum absolute atomic E-state index is 7.48. The van der Waals surface area contributed by atoms with E-state index in [4.69, 9.17) is 52.1 Å². The summed E-state index contributed by atoms with van der Waals surface area (Å²) in [5, 5.41) is 9.05. The Labute approximate surface area is 426 Å². The molecule has 2 saturated heterocycles. The zero-order chi connectivity index (χ0) is 49.4. The fourth-order valence-corrected chi connectivity index (χ4v) is 9.47. The first-order chi connectivity index (χ1) is 36.1. The number of benzene rings is 6. The van der Waals surface area contributed by atoms with Crippen molar-refractivity contribution in [2.75, 3.05) is 20.3 Å². The lowest BCUT2D eigenvalue weighted by Crippen LogP contribution is -2.66. The van der Waals surface area contributed by atoms with E-state index in [1.807, 2.05) is 170 Å². The number of aromatic nitrogens is 3. The molecule has 0 aliphatic carbocycles. The van der Waals surface area contributed by atoms with Crippen molar-refractivity contribution in [3.05, 3.63) is 227 Å². The molecule has 73 heavy (non-hydrogen) atoms. The van der Waals surface area contributed by atoms with Gasteiger partial charge in [-0.1, -0.05) is 181 Å². The lowest BCUT2D eigenvalue weighted by Gasteiger charge is -2.50. The summed E-state index contributed by atoms with van der Waals surface area (Å²) in [6.45, 7) is 2.44. The number of rotatable bonds is 17. The van der Waals surface area contributed by atoms with Crippen molar-refractivity contribution in [2.24, 2.45) is 0 Å². The van der Waals surface area contributed by atoms with Crippen LogP contribution < -0.4 is 0 Å². The number of methoxy groups -OCH3 is 1. The van der Waals surface area contributed by atoms with Crippen LogP contribution in [0.1, 0.15) is 44.6 Å². The van der Waals surface area contributed by atoms with Crippen LogP contribution in [0.4, 0.5) is 0 Å². The first-order valence-electron chi connectivity index (χ1n) is 25.0. The van der Waals surface area contributed by atoms with Crippen LogP contribution in [-0.2, 0) is 105 Å². The van der Waals surface area contributed by atoms with Gasteiger partial charge in [-0.15, -0.1) is 5.10 Å². The molecule has 7 aromatic rings. The first kappa shape index (κ1) is 50.5. The van der Waals surface area contributed by atoms with Crippen molar-refractivity contribution >= 4 is 0 Å². The maximum Gasteiger partial charge on any atom is 0.187 e. The van der Waals surface area contributed by atoms with Gasteiger partial charge in [-0.05, 0) is 38.9 Å². The molecular formula is C59H63N3O11. The smallest absolute Gasteiger partial charge is 0.187 e. The average molecular weight is 990 g/mol. The molecular weight excluding hydrogens is 927 g/mol. The number of nitrogens with zero attached hydrogens (tertiary/aromatic N) is 3. The molecule has 1 aromatic heterocycles. The van der Waals surface area contributed by atoms with Crippen LogP contribution in [0.3, 0.4) is 0 Å². The number of hydrogen-bond donors (Lipinski definition) is 0. The minimum absolute atomic E-state index is 0.0515. The highest BCUT2D eigenvalue weighted by Gasteiger charge is 2.54. The fraction of sp³-hybridized carbons (Fsp3) is 0.356. The summed E-state index contributed by atoms with van der Waals surface area (Å²) in [5.41, 5.74) is 7.55. The normalized spacial score (nSPS) is 25.5. The van der Waals surface area contributed by atoms with Crippen molar-refractivity contribution < 1.29 is 52.1 Å². The predicted molar refractivity (Wildman–Crippen MR) is 269 cm³/mol. The van der Waals surface area contributed by atoms with Crippen molar-refractivity contribution in [2.45, 2.75) is 114 Å². The van der Waals surface area contributed by atoms with Crippen LogP contribution >= 0.6 is 0 Å². The van der Waals surface area contributed by atoms with E-state index in [2.05, 4.69) is 22.4 Å². The SMILES string of the molecule is CO[C@H]1O[C@@H]2COCc3cccc(c3)Cn3cc(nn3)CO[C@H]3[C@@H](O[C@H]2[C@H](OCc2ccccc2)[C@H]1OCc1ccccc1)O[C@H](COCc1ccccc1)[C@@H](OCc1ccccc1)[C@@H]3OCc1ccccc1. The van der Waals surface area contributed by atoms with Gasteiger partial charge in [-0.25, -0.2) is 4.68 Å². The Morgan fingerprint density at radius 1 is 0.521 bits per heavy atom. The molecule has 3 aliphatic rings. The standard InChI is InChI=1S/C59H63N3O11/c1-63-58-56(69-38-46-26-15-6-16-27-46)55(68-37-45-24-13-5-14-25-45)53-51(71-58)41-65-34-48-29-17-28-47(30-48)31-62-32-49(60-61-62)39-70-57-54(67-36-44-22-11-4-12-23-44)52(66-35-43-20-9-3-10-21-43)50(72-59(57)73-53)40-64-33-42-18-7-2-8-19-42/h2-30,32,50-59H,31,33-41H2,1H3/t50-,51-,52-,53-,54+,55+,56-,57-,58+,59-/m1/s1. The second-order valence-corrected chi connectivity index (χ2v) is 18.5. The highest BCUT2D eigenvalue weighted by atomic mass is 16.8. The summed E-state index contributed by atoms with van der Waals surface area (Å²) in [6, 6.07) is 58.3. The largest absolute Gasteiger partial charge is 0.374 e. The predicted octanol–water partition coefficient (Wildman–Crippen LogP) is 8.78. The van der Waals surface area contributed by atoms with E-state index in [1.54, 1.807) is 11.8 Å². The second kappa shape index (κ2) is 25.8. The van der Waals surface area contributed by atoms with Crippen molar-refractivity contribution in [3.63, 3.8) is 0 Å². The molecule has 14 heteroatoms. The topological polar surface area (TPSA) is 132 Å². The lowest BCUT2D eigenvalue weighted by atomic mass is 9.95. The van der Waals surface area contributed by atoms with Crippen LogP contribution in [0.5, 0.6) is 0 Å². The number of fused-ring (bicyclic) bond motifs is 6. The van der Waals surface area contributed by atoms with E-state index in [-0.39, 0.29) is 46.2 Å². The first-order valence-corrected chi connectivity index (χ1v) is 25.0. The summed E-state index contributed by atoms with van der Waals surface area (Å²) >= 11 is 0. The summed E-state index contributed by atoms with van der Waals surface area (Å²) < 4.78 is 77.7. The van der Waals surface area contributed by atoms with E-state index in [0.29, 0.717) is 25.5 Å². The molecule has 4 bridgehead atoms. The second-order valence-electron chi connectivity index (χ2n) is 18.5. The minimum Gasteiger partial charge on any atom is -0.374 e. The van der Waals surface area contributed by atoms with Gasteiger partial charge in [0.05, 0.1) is 72.2 Å². The molecule has 0 amide bonds. The third-order valence-electron chi connectivity index (χ3n) is 13.1. The summed E-state index contributed by atoms with van der Waals surface area (Å²) in [6.07, 6.45) is -6.48. The molecule has 10 rings (SSSR count). The molecule has 6 aromatic carbocycles. The Morgan fingerprint density at radius 3 is 1.62 bits per heavy atom. The van der Waals surface area contributed by atoms with Gasteiger partial charge in [0.1, 0.15) is 54.5 Å². The van der Waals surface area contributed by atoms with Crippen molar-refractivity contribution in [1.29, 1.82) is 0 Å². The van der Waals surface area contributed by atoms with Gasteiger partial charge < -0.3 is 52.1 Å². The quantitative estimate of drug-likeness (QED) is 0.0862. The van der Waals surface area contributed by atoms with Gasteiger partial charge in [0.15, 0.2) is 12.6 Å². The molecule has 0 N–H and O–H groups in total. The Hall–Kier alpha value is -5.98. The molecule has 0 spiro atoms. The third-order valence-corrected chi connectivity index (χ3v) is 13.1. The van der Waals surface area contributed by atoms with Gasteiger partial charge in [0.25, 0.3) is 0 Å². The van der Waals surface area contributed by atoms with E-state index in [0.717, 1.165) is 38.9 Å². The summed E-state index contributed by atoms with van der Waals surface area (Å²) in [7, 11) is 1.61. The summed E-state index contributed by atoms with van der Waals surface area (Å²) in [4.78, 5) is 0. The van der Waals surface area contributed by atoms with Crippen LogP contribution in [0.25, 0.3) is 0 Å². The van der Waals surface area contributed by atoms with E-state index in [9.17, 15) is 0 Å². The van der Waals surface area contributed by atoms with Gasteiger partial charge in [-0.3, -0.25) is 0 Å². The van der Waals surface area contributed by atoms with Crippen LogP contribution in [0.15, 0.2) is 182 Å². The van der Waals surface area contributed by atoms with Crippen LogP contribution in [0.2, 0.25) is 0 Å². The Kier molecular flexibility index (Phi) is 17.9. The molecule has 2 fully saturated rings. The molecule has 4 heterocycles. The zero-order valence-corrected chi connectivity index (χ0v) is 41.0. The molecule has 0 saturated carbocycles. The fourth-order valence-electron chi connectivity index (χ4n) is 9.47. The molecule has 380 valence electrons. The van der Waals surface area contributed by atoms with E-state index >= 15 is 0 Å². The zero-order valence-electron chi connectivity index (χ0n) is 41.0. The average Bonchev–Trinajstić information content (AvgIpc) is 3.89. The van der Waals surface area contributed by atoms with Gasteiger partial charge >= 0.3 is 0 Å². The maximum atomic E-state index is 7.48. The summed E-state index contributed by atoms with van der Waals surface area (Å²) in [5.74, 6) is 0. The van der Waals surface area contributed by atoms with Gasteiger partial charge in [0.2, 0.25) is 0 Å². The highest BCUT2D eigenvalue weighted by Crippen LogP contribution is 2.37. The Morgan fingerprint density at radius 2 is 1.04 bits per heavy atom. The van der Waals surface area contributed by atoms with Crippen LogP contribution in [0, 0.1) is 0 Å². The molecule has 10 atom stereocenters. The van der Waals surface area contributed by atoms with Crippen molar-refractivity contribution in [3.8, 4) is 0 Å². The van der Waals surface area contributed by atoms with E-state index < -0.39 is 61.4 Å². The monoisotopic (exact) mass is 989 g/mol. The molecule has 0 unspecified atom stereocenters. The van der Waals surface area contributed by atoms with Crippen molar-refractivity contribution in [1.82, 2.24) is 15.0 Å². The molecule has 0 radical (unpaired) electrons. The molecule has 3 aliphatic heterocycles. The lowest BCUT2D eigenvalue weighted by molar-refractivity contribution is -0.376. The third kappa shape index (κ3) is 13.8. The van der Waals surface area contributed by atoms with E-state index in [1.165, 1.54) is 0 Å². The van der Waals surface area contributed by atoms with Gasteiger partial charge in [-0.2, -0.15) is 0 Å². The van der Waals surface area contributed by atoms with Gasteiger partial charge in [0, 0.05) is 7.11 Å². The number of hydrogen-bond acceptors (Lipinski definition) is 13. The molecule has 14 nitrogen and oxygen atoms in total. The minimum atomic E-state index is -1.13.